The molecule has 0 amide bonds. The van der Waals surface area contributed by atoms with E-state index in [9.17, 15) is 14.7 Å². The molecule has 0 aliphatic heterocycles. The maximum atomic E-state index is 12.2. The summed E-state index contributed by atoms with van der Waals surface area (Å²) in [5.41, 5.74) is -0.0184. The normalized spacial score (nSPS) is 25.3. The molecule has 5 heteroatoms. The first-order valence-corrected chi connectivity index (χ1v) is 15.5. The fraction of sp³-hybridized carbons (Fsp3) is 0.818. The Balaban J connectivity index is 1.89. The summed E-state index contributed by atoms with van der Waals surface area (Å²) in [6.07, 6.45) is 20.2. The van der Waals surface area contributed by atoms with Crippen LogP contribution < -0.4 is 0 Å². The molecule has 2 aliphatic rings. The number of hydrogen-bond donors (Lipinski definition) is 1. The van der Waals surface area contributed by atoms with Crippen molar-refractivity contribution in [2.24, 2.45) is 29.1 Å². The molecule has 0 radical (unpaired) electrons. The summed E-state index contributed by atoms with van der Waals surface area (Å²) in [6, 6.07) is 0. The summed E-state index contributed by atoms with van der Waals surface area (Å²) < 4.78 is 11.2. The van der Waals surface area contributed by atoms with Gasteiger partial charge in [-0.2, -0.15) is 0 Å². The fourth-order valence-electron chi connectivity index (χ4n) is 6.80. The minimum Gasteiger partial charge on any atom is -0.462 e. The number of rotatable bonds is 17. The summed E-state index contributed by atoms with van der Waals surface area (Å²) in [5.74, 6) is 2.48. The van der Waals surface area contributed by atoms with E-state index in [0.29, 0.717) is 11.5 Å². The van der Waals surface area contributed by atoms with Gasteiger partial charge in [-0.3, -0.25) is 0 Å². The van der Waals surface area contributed by atoms with Gasteiger partial charge in [0.1, 0.15) is 13.2 Å². The highest BCUT2D eigenvalue weighted by Gasteiger charge is 2.36. The molecule has 1 N–H and O–H groups in total. The van der Waals surface area contributed by atoms with Crippen LogP contribution in [0.25, 0.3) is 0 Å². The summed E-state index contributed by atoms with van der Waals surface area (Å²) in [4.78, 5) is 24.4. The minimum atomic E-state index is -0.584. The summed E-state index contributed by atoms with van der Waals surface area (Å²) >= 11 is 0. The van der Waals surface area contributed by atoms with Crippen LogP contribution in [0.15, 0.2) is 24.3 Å². The Bertz CT molecular complexity index is 742. The van der Waals surface area contributed by atoms with Crippen molar-refractivity contribution in [1.29, 1.82) is 0 Å². The highest BCUT2D eigenvalue weighted by atomic mass is 16.5. The Morgan fingerprint density at radius 3 is 1.76 bits per heavy atom. The first-order valence-electron chi connectivity index (χ1n) is 15.5. The third-order valence-electron chi connectivity index (χ3n) is 9.38. The monoisotopic (exact) mass is 532 g/mol. The molecule has 38 heavy (non-hydrogen) atoms. The second-order valence-corrected chi connectivity index (χ2v) is 12.5. The van der Waals surface area contributed by atoms with E-state index in [4.69, 9.17) is 9.47 Å². The first kappa shape index (κ1) is 32.6. The fourth-order valence-corrected chi connectivity index (χ4v) is 6.80. The van der Waals surface area contributed by atoms with Gasteiger partial charge in [-0.05, 0) is 75.5 Å². The van der Waals surface area contributed by atoms with Crippen LogP contribution in [-0.4, -0.2) is 36.9 Å². The molecule has 0 aromatic rings. The Hall–Kier alpha value is -1.62. The van der Waals surface area contributed by atoms with Gasteiger partial charge in [0.05, 0.1) is 12.2 Å². The molecular formula is C33H56O5. The van der Waals surface area contributed by atoms with Crippen LogP contribution in [0.2, 0.25) is 0 Å². The van der Waals surface area contributed by atoms with Crippen molar-refractivity contribution in [3.05, 3.63) is 24.3 Å². The SMILES string of the molecule is C=C(C)C(=O)OCC(CCC)(CCC1CCC(C2CCC(CCCCC)CC2)CC1)COC(=O)C(=C)CO. The molecule has 2 aliphatic carbocycles. The number of aliphatic hydroxyl groups is 1. The van der Waals surface area contributed by atoms with E-state index >= 15 is 0 Å². The van der Waals surface area contributed by atoms with Crippen LogP contribution in [0.3, 0.4) is 0 Å². The minimum absolute atomic E-state index is 0.0441. The highest BCUT2D eigenvalue weighted by molar-refractivity contribution is 5.88. The predicted molar refractivity (Wildman–Crippen MR) is 155 cm³/mol. The maximum absolute atomic E-state index is 12.2. The summed E-state index contributed by atoms with van der Waals surface area (Å²) in [5, 5.41) is 9.24. The quantitative estimate of drug-likeness (QED) is 0.117. The molecule has 0 aromatic carbocycles. The number of esters is 2. The zero-order chi connectivity index (χ0) is 28.0. The van der Waals surface area contributed by atoms with Gasteiger partial charge in [0, 0.05) is 11.0 Å². The van der Waals surface area contributed by atoms with Crippen LogP contribution in [0, 0.1) is 29.1 Å². The van der Waals surface area contributed by atoms with Gasteiger partial charge in [-0.15, -0.1) is 0 Å². The predicted octanol–water partition coefficient (Wildman–Crippen LogP) is 7.96. The van der Waals surface area contributed by atoms with Crippen molar-refractivity contribution < 1.29 is 24.2 Å². The molecule has 218 valence electrons. The summed E-state index contributed by atoms with van der Waals surface area (Å²) in [6.45, 7) is 13.3. The van der Waals surface area contributed by atoms with Gasteiger partial charge in [0.2, 0.25) is 0 Å². The van der Waals surface area contributed by atoms with Crippen LogP contribution in [0.1, 0.15) is 124 Å². The van der Waals surface area contributed by atoms with Gasteiger partial charge in [0.15, 0.2) is 0 Å². The van der Waals surface area contributed by atoms with Gasteiger partial charge in [-0.25, -0.2) is 9.59 Å². The van der Waals surface area contributed by atoms with Gasteiger partial charge >= 0.3 is 11.9 Å². The zero-order valence-corrected chi connectivity index (χ0v) is 24.7. The number of unbranched alkanes of at least 4 members (excludes halogenated alkanes) is 2. The van der Waals surface area contributed by atoms with Gasteiger partial charge < -0.3 is 14.6 Å². The second kappa shape index (κ2) is 17.2. The zero-order valence-electron chi connectivity index (χ0n) is 24.7. The topological polar surface area (TPSA) is 72.8 Å². The van der Waals surface area contributed by atoms with Crippen LogP contribution >= 0.6 is 0 Å². The molecule has 0 aromatic heterocycles. The molecule has 0 spiro atoms. The van der Waals surface area contributed by atoms with E-state index in [2.05, 4.69) is 27.0 Å². The van der Waals surface area contributed by atoms with E-state index < -0.39 is 24.0 Å². The Labute approximate surface area is 232 Å². The van der Waals surface area contributed by atoms with Crippen LogP contribution in [0.4, 0.5) is 0 Å². The highest BCUT2D eigenvalue weighted by Crippen LogP contribution is 2.44. The molecule has 1 atom stereocenters. The van der Waals surface area contributed by atoms with E-state index in [-0.39, 0.29) is 18.8 Å². The average molecular weight is 533 g/mol. The third-order valence-corrected chi connectivity index (χ3v) is 9.38. The maximum Gasteiger partial charge on any atom is 0.335 e. The molecule has 2 saturated carbocycles. The van der Waals surface area contributed by atoms with Gasteiger partial charge in [-0.1, -0.05) is 84.8 Å². The van der Waals surface area contributed by atoms with E-state index in [1.54, 1.807) is 6.92 Å². The third kappa shape index (κ3) is 10.9. The first-order chi connectivity index (χ1) is 18.2. The van der Waals surface area contributed by atoms with Crippen LogP contribution in [0.5, 0.6) is 0 Å². The van der Waals surface area contributed by atoms with E-state index in [1.165, 1.54) is 77.0 Å². The Morgan fingerprint density at radius 1 is 0.763 bits per heavy atom. The largest absolute Gasteiger partial charge is 0.462 e. The molecule has 5 nitrogen and oxygen atoms in total. The number of aliphatic hydroxyl groups excluding tert-OH is 1. The molecule has 2 rings (SSSR count). The molecule has 2 fully saturated rings. The molecule has 0 heterocycles. The van der Waals surface area contributed by atoms with Crippen molar-refractivity contribution in [1.82, 2.24) is 0 Å². The lowest BCUT2D eigenvalue weighted by atomic mass is 9.67. The average Bonchev–Trinajstić information content (AvgIpc) is 2.93. The standard InChI is InChI=1S/C33H56O5/c1-6-8-9-10-27-11-15-29(16-12-27)30-17-13-28(14-18-30)19-21-33(20-7-2,23-37-31(35)25(3)4)24-38-32(36)26(5)22-34/h27-30,34H,3,5-24H2,1-2,4H3. The van der Waals surface area contributed by atoms with E-state index in [0.717, 1.165) is 43.4 Å². The van der Waals surface area contributed by atoms with Crippen molar-refractivity contribution in [2.45, 2.75) is 124 Å². The van der Waals surface area contributed by atoms with Crippen molar-refractivity contribution >= 4 is 11.9 Å². The number of hydrogen-bond acceptors (Lipinski definition) is 5. The Morgan fingerprint density at radius 2 is 1.29 bits per heavy atom. The molecular weight excluding hydrogens is 476 g/mol. The van der Waals surface area contributed by atoms with Crippen molar-refractivity contribution in [3.8, 4) is 0 Å². The number of carbonyl (C=O) groups is 2. The lowest BCUT2D eigenvalue weighted by Crippen LogP contribution is -2.36. The molecule has 0 bridgehead atoms. The lowest BCUT2D eigenvalue weighted by molar-refractivity contribution is -0.150. The lowest BCUT2D eigenvalue weighted by Gasteiger charge is -2.39. The van der Waals surface area contributed by atoms with Crippen molar-refractivity contribution in [2.75, 3.05) is 19.8 Å². The molecule has 0 saturated heterocycles. The van der Waals surface area contributed by atoms with Gasteiger partial charge in [0.25, 0.3) is 0 Å². The summed E-state index contributed by atoms with van der Waals surface area (Å²) in [7, 11) is 0. The molecule has 1 unspecified atom stereocenters. The number of carbonyl (C=O) groups excluding carboxylic acids is 2. The van der Waals surface area contributed by atoms with Crippen molar-refractivity contribution in [3.63, 3.8) is 0 Å². The smallest absolute Gasteiger partial charge is 0.335 e. The number of ether oxygens (including phenoxy) is 2. The Kier molecular flexibility index (Phi) is 14.7. The van der Waals surface area contributed by atoms with Crippen LogP contribution in [-0.2, 0) is 19.1 Å². The van der Waals surface area contributed by atoms with E-state index in [1.807, 2.05) is 0 Å². The second-order valence-electron chi connectivity index (χ2n) is 12.5.